The number of aryl methyl sites for hydroxylation is 1. The van der Waals surface area contributed by atoms with E-state index in [0.29, 0.717) is 13.1 Å². The third-order valence-electron chi connectivity index (χ3n) is 4.19. The van der Waals surface area contributed by atoms with Gasteiger partial charge in [-0.3, -0.25) is 9.59 Å². The molecule has 108 valence electrons. The van der Waals surface area contributed by atoms with Crippen molar-refractivity contribution < 1.29 is 9.59 Å². The second-order valence-corrected chi connectivity index (χ2v) is 5.49. The first-order valence-corrected chi connectivity index (χ1v) is 7.12. The Morgan fingerprint density at radius 1 is 1.35 bits per heavy atom. The summed E-state index contributed by atoms with van der Waals surface area (Å²) in [7, 11) is 0. The topological polar surface area (TPSA) is 80.1 Å². The lowest BCUT2D eigenvalue weighted by atomic mass is 9.93. The van der Waals surface area contributed by atoms with E-state index in [2.05, 4.69) is 15.4 Å². The predicted molar refractivity (Wildman–Crippen MR) is 70.5 cm³/mol. The largest absolute Gasteiger partial charge is 0.340 e. The van der Waals surface area contributed by atoms with Gasteiger partial charge in [-0.05, 0) is 19.8 Å². The number of amides is 2. The molecule has 1 N–H and O–H groups in total. The number of hydrogen-bond acceptors (Lipinski definition) is 4. The number of nitrogens with zero attached hydrogens (tertiary/aromatic N) is 4. The van der Waals surface area contributed by atoms with Gasteiger partial charge in [-0.15, -0.1) is 0 Å². The Balaban J connectivity index is 1.82. The summed E-state index contributed by atoms with van der Waals surface area (Å²) in [5.41, 5.74) is -0.660. The van der Waals surface area contributed by atoms with Crippen molar-refractivity contribution in [2.75, 3.05) is 6.54 Å². The number of hydrogen-bond donors (Lipinski definition) is 1. The van der Waals surface area contributed by atoms with Gasteiger partial charge >= 0.3 is 0 Å². The van der Waals surface area contributed by atoms with Crippen LogP contribution in [0.5, 0.6) is 0 Å². The molecule has 0 bridgehead atoms. The summed E-state index contributed by atoms with van der Waals surface area (Å²) in [6, 6.07) is 0. The standard InChI is InChI=1S/C13H19N5O2/c1-2-18-10(14-9-15-18)7-17-8-11(19)16-13(12(17)20)5-3-4-6-13/h9H,2-8H2,1H3,(H,16,19). The maximum Gasteiger partial charge on any atom is 0.249 e. The molecule has 1 saturated heterocycles. The normalized spacial score (nSPS) is 21.6. The van der Waals surface area contributed by atoms with Gasteiger partial charge in [0, 0.05) is 6.54 Å². The molecular formula is C13H19N5O2. The molecule has 0 radical (unpaired) electrons. The second-order valence-electron chi connectivity index (χ2n) is 5.49. The molecule has 2 fully saturated rings. The van der Waals surface area contributed by atoms with Gasteiger partial charge in [0.2, 0.25) is 11.8 Å². The van der Waals surface area contributed by atoms with Crippen LogP contribution in [0.1, 0.15) is 38.4 Å². The molecule has 7 nitrogen and oxygen atoms in total. The minimum atomic E-state index is -0.660. The van der Waals surface area contributed by atoms with Crippen molar-refractivity contribution in [3.8, 4) is 0 Å². The average Bonchev–Trinajstić information content (AvgIpc) is 3.05. The quantitative estimate of drug-likeness (QED) is 0.848. The van der Waals surface area contributed by atoms with E-state index in [9.17, 15) is 9.59 Å². The third kappa shape index (κ3) is 2.07. The maximum atomic E-state index is 12.7. The lowest BCUT2D eigenvalue weighted by molar-refractivity contribution is -0.150. The van der Waals surface area contributed by atoms with Crippen LogP contribution in [0.2, 0.25) is 0 Å². The molecule has 20 heavy (non-hydrogen) atoms. The van der Waals surface area contributed by atoms with Gasteiger partial charge in [-0.2, -0.15) is 5.10 Å². The fraction of sp³-hybridized carbons (Fsp3) is 0.692. The van der Waals surface area contributed by atoms with Crippen LogP contribution in [0.25, 0.3) is 0 Å². The molecule has 3 rings (SSSR count). The van der Waals surface area contributed by atoms with Gasteiger partial charge in [-0.1, -0.05) is 12.8 Å². The lowest BCUT2D eigenvalue weighted by Crippen LogP contribution is -2.65. The Hall–Kier alpha value is -1.92. The van der Waals surface area contributed by atoms with Crippen LogP contribution >= 0.6 is 0 Å². The highest BCUT2D eigenvalue weighted by Gasteiger charge is 2.48. The summed E-state index contributed by atoms with van der Waals surface area (Å²) < 4.78 is 1.75. The lowest BCUT2D eigenvalue weighted by Gasteiger charge is -2.39. The monoisotopic (exact) mass is 277 g/mol. The van der Waals surface area contributed by atoms with Crippen molar-refractivity contribution in [2.45, 2.75) is 51.2 Å². The highest BCUT2D eigenvalue weighted by atomic mass is 16.2. The summed E-state index contributed by atoms with van der Waals surface area (Å²) in [5.74, 6) is 0.679. The Labute approximate surface area is 117 Å². The van der Waals surface area contributed by atoms with Crippen LogP contribution in [-0.2, 0) is 22.7 Å². The molecule has 1 aromatic rings. The average molecular weight is 277 g/mol. The molecule has 7 heteroatoms. The SMILES string of the molecule is CCn1ncnc1CN1CC(=O)NC2(CCCC2)C1=O. The molecule has 2 amide bonds. The molecular weight excluding hydrogens is 258 g/mol. The van der Waals surface area contributed by atoms with E-state index in [4.69, 9.17) is 0 Å². The Morgan fingerprint density at radius 2 is 2.10 bits per heavy atom. The first-order valence-electron chi connectivity index (χ1n) is 7.12. The fourth-order valence-electron chi connectivity index (χ4n) is 3.20. The molecule has 0 aromatic carbocycles. The third-order valence-corrected chi connectivity index (χ3v) is 4.19. The van der Waals surface area contributed by atoms with Crippen molar-refractivity contribution in [1.82, 2.24) is 25.0 Å². The van der Waals surface area contributed by atoms with Crippen LogP contribution in [0, 0.1) is 0 Å². The van der Waals surface area contributed by atoms with Crippen molar-refractivity contribution in [1.29, 1.82) is 0 Å². The van der Waals surface area contributed by atoms with E-state index >= 15 is 0 Å². The molecule has 0 unspecified atom stereocenters. The fourth-order valence-corrected chi connectivity index (χ4v) is 3.20. The van der Waals surface area contributed by atoms with Gasteiger partial charge in [0.1, 0.15) is 24.2 Å². The molecule has 1 aliphatic heterocycles. The zero-order valence-electron chi connectivity index (χ0n) is 11.6. The Morgan fingerprint density at radius 3 is 2.80 bits per heavy atom. The Bertz CT molecular complexity index is 533. The molecule has 2 aliphatic rings. The summed E-state index contributed by atoms with van der Waals surface area (Å²) in [6.07, 6.45) is 4.96. The smallest absolute Gasteiger partial charge is 0.249 e. The van der Waals surface area contributed by atoms with E-state index in [1.807, 2.05) is 6.92 Å². The number of carbonyl (C=O) groups excluding carboxylic acids is 2. The van der Waals surface area contributed by atoms with E-state index in [1.165, 1.54) is 6.33 Å². The number of carbonyl (C=O) groups is 2. The van der Waals surface area contributed by atoms with Gasteiger partial charge in [0.25, 0.3) is 0 Å². The van der Waals surface area contributed by atoms with Gasteiger partial charge in [0.05, 0.1) is 6.54 Å². The van der Waals surface area contributed by atoms with Crippen molar-refractivity contribution >= 4 is 11.8 Å². The predicted octanol–water partition coefficient (Wildman–Crippen LogP) is 0.0692. The summed E-state index contributed by atoms with van der Waals surface area (Å²) in [4.78, 5) is 30.4. The Kier molecular flexibility index (Phi) is 3.19. The zero-order chi connectivity index (χ0) is 14.2. The molecule has 1 aliphatic carbocycles. The minimum Gasteiger partial charge on any atom is -0.340 e. The van der Waals surface area contributed by atoms with Gasteiger partial charge in [-0.25, -0.2) is 9.67 Å². The molecule has 1 saturated carbocycles. The number of aromatic nitrogens is 3. The minimum absolute atomic E-state index is 0.0280. The molecule has 1 spiro atoms. The van der Waals surface area contributed by atoms with Crippen LogP contribution in [-0.4, -0.2) is 43.6 Å². The highest BCUT2D eigenvalue weighted by molar-refractivity contribution is 5.98. The van der Waals surface area contributed by atoms with Crippen molar-refractivity contribution in [2.24, 2.45) is 0 Å². The summed E-state index contributed by atoms with van der Waals surface area (Å²) in [5, 5.41) is 7.01. The van der Waals surface area contributed by atoms with Crippen molar-refractivity contribution in [3.63, 3.8) is 0 Å². The van der Waals surface area contributed by atoms with E-state index in [1.54, 1.807) is 9.58 Å². The number of nitrogens with one attached hydrogen (secondary N) is 1. The van der Waals surface area contributed by atoms with Crippen molar-refractivity contribution in [3.05, 3.63) is 12.2 Å². The molecule has 0 atom stereocenters. The van der Waals surface area contributed by atoms with E-state index in [-0.39, 0.29) is 18.4 Å². The van der Waals surface area contributed by atoms with Crippen LogP contribution in [0.3, 0.4) is 0 Å². The summed E-state index contributed by atoms with van der Waals surface area (Å²) >= 11 is 0. The van der Waals surface area contributed by atoms with Crippen LogP contribution < -0.4 is 5.32 Å². The van der Waals surface area contributed by atoms with Gasteiger partial charge < -0.3 is 10.2 Å². The van der Waals surface area contributed by atoms with Crippen LogP contribution in [0.15, 0.2) is 6.33 Å². The molecule has 2 heterocycles. The maximum absolute atomic E-state index is 12.7. The van der Waals surface area contributed by atoms with Crippen LogP contribution in [0.4, 0.5) is 0 Å². The number of rotatable bonds is 3. The number of piperazine rings is 1. The second kappa shape index (κ2) is 4.88. The highest BCUT2D eigenvalue weighted by Crippen LogP contribution is 2.33. The summed E-state index contributed by atoms with van der Waals surface area (Å²) in [6.45, 7) is 3.13. The van der Waals surface area contributed by atoms with E-state index < -0.39 is 5.54 Å². The van der Waals surface area contributed by atoms with Gasteiger partial charge in [0.15, 0.2) is 0 Å². The molecule has 1 aromatic heterocycles. The van der Waals surface area contributed by atoms with E-state index in [0.717, 1.165) is 31.5 Å². The first kappa shape index (κ1) is 13.1. The first-order chi connectivity index (χ1) is 9.64. The zero-order valence-corrected chi connectivity index (χ0v) is 11.6.